The van der Waals surface area contributed by atoms with Gasteiger partial charge in [0.05, 0.1) is 16.1 Å². The molecular weight excluding hydrogens is 501 g/mol. The van der Waals surface area contributed by atoms with E-state index in [0.29, 0.717) is 0 Å². The summed E-state index contributed by atoms with van der Waals surface area (Å²) in [5, 5.41) is 5.86. The van der Waals surface area contributed by atoms with E-state index >= 15 is 0 Å². The Morgan fingerprint density at radius 1 is 0.931 bits per heavy atom. The monoisotopic (exact) mass is 524 g/mol. The number of carbonyl (C=O) groups is 2. The Kier molecular flexibility index (Phi) is 6.89. The van der Waals surface area contributed by atoms with Crippen molar-refractivity contribution in [1.82, 2.24) is 10.6 Å². The number of hydrogen-bond donors (Lipinski definition) is 2. The third-order valence-electron chi connectivity index (χ3n) is 5.25. The summed E-state index contributed by atoms with van der Waals surface area (Å²) in [4.78, 5) is 22.0. The molecule has 0 unspecified atom stereocenters. The van der Waals surface area contributed by atoms with Crippen molar-refractivity contribution >= 4 is 81.4 Å². The minimum absolute atomic E-state index is 0.00966. The second-order valence-electron chi connectivity index (χ2n) is 9.77. The van der Waals surface area contributed by atoms with Crippen LogP contribution in [0.4, 0.5) is 0 Å². The summed E-state index contributed by atoms with van der Waals surface area (Å²) in [5.74, 6) is -1.07. The Bertz CT molecular complexity index is 755. The molecule has 0 spiro atoms. The number of rotatable bonds is 4. The highest BCUT2D eigenvalue weighted by molar-refractivity contribution is 6.66. The molecule has 0 aromatic carbocycles. The summed E-state index contributed by atoms with van der Waals surface area (Å²) < 4.78 is -1.79. The van der Waals surface area contributed by atoms with Crippen LogP contribution >= 0.6 is 69.6 Å². The van der Waals surface area contributed by atoms with E-state index in [2.05, 4.69) is 10.6 Å². The predicted molar refractivity (Wildman–Crippen MR) is 122 cm³/mol. The van der Waals surface area contributed by atoms with Gasteiger partial charge in [-0.05, 0) is 27.2 Å². The lowest BCUT2D eigenvalue weighted by molar-refractivity contribution is -0.129. The zero-order valence-electron chi connectivity index (χ0n) is 17.2. The molecular formula is C19H26Cl6N2O2. The van der Waals surface area contributed by atoms with Gasteiger partial charge in [-0.3, -0.25) is 9.59 Å². The summed E-state index contributed by atoms with van der Waals surface area (Å²) in [6.07, 6.45) is 0.369. The van der Waals surface area contributed by atoms with Crippen LogP contribution in [0.15, 0.2) is 10.1 Å². The second kappa shape index (κ2) is 7.78. The van der Waals surface area contributed by atoms with E-state index in [-0.39, 0.29) is 40.3 Å². The zero-order valence-corrected chi connectivity index (χ0v) is 21.7. The molecule has 29 heavy (non-hydrogen) atoms. The fourth-order valence-corrected chi connectivity index (χ4v) is 6.78. The number of halogens is 6. The van der Waals surface area contributed by atoms with Crippen molar-refractivity contribution in [2.75, 3.05) is 0 Å². The number of carbonyl (C=O) groups excluding carboxylic acids is 2. The molecule has 2 N–H and O–H groups in total. The Morgan fingerprint density at radius 2 is 1.41 bits per heavy atom. The van der Waals surface area contributed by atoms with Crippen molar-refractivity contribution in [3.05, 3.63) is 10.1 Å². The molecule has 0 radical (unpaired) electrons. The van der Waals surface area contributed by atoms with E-state index < -0.39 is 31.5 Å². The van der Waals surface area contributed by atoms with E-state index in [1.165, 1.54) is 0 Å². The first kappa shape index (κ1) is 25.7. The van der Waals surface area contributed by atoms with Crippen molar-refractivity contribution in [1.29, 1.82) is 0 Å². The normalized spacial score (nSPS) is 33.8. The van der Waals surface area contributed by atoms with Crippen molar-refractivity contribution in [3.63, 3.8) is 0 Å². The van der Waals surface area contributed by atoms with Gasteiger partial charge in [-0.15, -0.1) is 23.2 Å². The molecule has 2 rings (SSSR count). The number of nitrogens with one attached hydrogen (secondary N) is 2. The first-order valence-electron chi connectivity index (χ1n) is 9.25. The fraction of sp³-hybridized carbons (Fsp3) is 0.789. The first-order chi connectivity index (χ1) is 12.8. The molecule has 0 aromatic heterocycles. The van der Waals surface area contributed by atoms with Crippen LogP contribution in [-0.4, -0.2) is 37.5 Å². The van der Waals surface area contributed by atoms with Gasteiger partial charge in [0.1, 0.15) is 9.75 Å². The van der Waals surface area contributed by atoms with Crippen LogP contribution in [0.5, 0.6) is 0 Å². The summed E-state index contributed by atoms with van der Waals surface area (Å²) in [5.41, 5.74) is -1.09. The van der Waals surface area contributed by atoms with E-state index in [1.807, 2.05) is 20.8 Å². The first-order valence-corrected chi connectivity index (χ1v) is 11.5. The van der Waals surface area contributed by atoms with Crippen molar-refractivity contribution in [2.24, 2.45) is 11.3 Å². The van der Waals surface area contributed by atoms with Gasteiger partial charge in [0.2, 0.25) is 11.8 Å². The molecule has 2 bridgehead atoms. The Hall–Kier alpha value is 0.420. The van der Waals surface area contributed by atoms with Crippen molar-refractivity contribution in [3.8, 4) is 0 Å². The molecule has 2 aliphatic rings. The minimum Gasteiger partial charge on any atom is -0.352 e. The maximum Gasteiger partial charge on any atom is 0.225 e. The number of alkyl halides is 4. The van der Waals surface area contributed by atoms with E-state index in [4.69, 9.17) is 69.6 Å². The number of allylic oxidation sites excluding steroid dienone is 1. The topological polar surface area (TPSA) is 58.2 Å². The Balaban J connectivity index is 2.43. The standard InChI is InChI=1S/C19H26Cl6N2O2/c1-15(2,3)14(29)26-13-9(7-8-10(28)27-16(4,5)6)17(22)11(20)12(21)18(13,23)19(17,24)25/h9,13H,7-8H2,1-6H3,(H,26,29)(H,27,28)/t9-,13-,17-,18+/m0/s1. The van der Waals surface area contributed by atoms with Crippen LogP contribution < -0.4 is 10.6 Å². The molecule has 0 aromatic rings. The average molecular weight is 527 g/mol. The number of amides is 2. The summed E-state index contributed by atoms with van der Waals surface area (Å²) in [7, 11) is 0. The van der Waals surface area contributed by atoms with Crippen LogP contribution in [-0.2, 0) is 9.59 Å². The molecule has 2 amide bonds. The molecule has 166 valence electrons. The van der Waals surface area contributed by atoms with Gasteiger partial charge in [-0.1, -0.05) is 67.2 Å². The molecule has 1 saturated carbocycles. The Morgan fingerprint density at radius 3 is 1.86 bits per heavy atom. The van der Waals surface area contributed by atoms with Crippen LogP contribution in [0.3, 0.4) is 0 Å². The predicted octanol–water partition coefficient (Wildman–Crippen LogP) is 5.67. The van der Waals surface area contributed by atoms with Crippen molar-refractivity contribution < 1.29 is 9.59 Å². The molecule has 0 aliphatic heterocycles. The van der Waals surface area contributed by atoms with Gasteiger partial charge in [0, 0.05) is 23.3 Å². The SMILES string of the molecule is CC(C)(C)NC(=O)CC[C@H]1[C@H](NC(=O)C(C)(C)C)[C@]2(Cl)C(Cl)=C(Cl)[C@]1(Cl)C2(Cl)Cl. The lowest BCUT2D eigenvalue weighted by Crippen LogP contribution is -2.56. The molecule has 4 atom stereocenters. The van der Waals surface area contributed by atoms with Gasteiger partial charge >= 0.3 is 0 Å². The smallest absolute Gasteiger partial charge is 0.225 e. The summed E-state index contributed by atoms with van der Waals surface area (Å²) >= 11 is 39.9. The molecule has 0 heterocycles. The highest BCUT2D eigenvalue weighted by atomic mass is 35.5. The van der Waals surface area contributed by atoms with Crippen LogP contribution in [0.25, 0.3) is 0 Å². The quantitative estimate of drug-likeness (QED) is 0.463. The summed E-state index contributed by atoms with van der Waals surface area (Å²) in [6.45, 7) is 10.9. The molecule has 4 nitrogen and oxygen atoms in total. The third kappa shape index (κ3) is 4.00. The van der Waals surface area contributed by atoms with Crippen molar-refractivity contribution in [2.45, 2.75) is 80.0 Å². The minimum atomic E-state index is -1.79. The molecule has 1 fully saturated rings. The fourth-order valence-electron chi connectivity index (χ4n) is 3.78. The molecule has 2 aliphatic carbocycles. The maximum absolute atomic E-state index is 12.7. The molecule has 0 saturated heterocycles. The van der Waals surface area contributed by atoms with E-state index in [0.717, 1.165) is 0 Å². The van der Waals surface area contributed by atoms with E-state index in [1.54, 1.807) is 20.8 Å². The van der Waals surface area contributed by atoms with Gasteiger partial charge < -0.3 is 10.6 Å². The van der Waals surface area contributed by atoms with Gasteiger partial charge in [0.15, 0.2) is 4.33 Å². The average Bonchev–Trinajstić information content (AvgIpc) is 2.72. The number of fused-ring (bicyclic) bond motifs is 2. The van der Waals surface area contributed by atoms with E-state index in [9.17, 15) is 9.59 Å². The van der Waals surface area contributed by atoms with Crippen LogP contribution in [0.2, 0.25) is 0 Å². The zero-order chi connectivity index (χ0) is 22.8. The highest BCUT2D eigenvalue weighted by Crippen LogP contribution is 2.74. The van der Waals surface area contributed by atoms with Crippen LogP contribution in [0, 0.1) is 11.3 Å². The lowest BCUT2D eigenvalue weighted by Gasteiger charge is -2.38. The van der Waals surface area contributed by atoms with Gasteiger partial charge in [-0.25, -0.2) is 0 Å². The van der Waals surface area contributed by atoms with Gasteiger partial charge in [-0.2, -0.15) is 0 Å². The lowest BCUT2D eigenvalue weighted by atomic mass is 9.83. The summed E-state index contributed by atoms with van der Waals surface area (Å²) in [6, 6.07) is -0.819. The molecule has 10 heteroatoms. The Labute approximate surface area is 202 Å². The highest BCUT2D eigenvalue weighted by Gasteiger charge is 2.82. The maximum atomic E-state index is 12.7. The second-order valence-corrected chi connectivity index (χ2v) is 13.0. The van der Waals surface area contributed by atoms with Crippen LogP contribution in [0.1, 0.15) is 54.4 Å². The largest absolute Gasteiger partial charge is 0.352 e. The van der Waals surface area contributed by atoms with Gasteiger partial charge in [0.25, 0.3) is 0 Å². The number of hydrogen-bond acceptors (Lipinski definition) is 2. The third-order valence-corrected chi connectivity index (χ3v) is 9.56.